The van der Waals surface area contributed by atoms with Crippen molar-refractivity contribution in [3.8, 4) is 0 Å². The molecule has 1 atom stereocenters. The molecule has 0 saturated carbocycles. The lowest BCUT2D eigenvalue weighted by molar-refractivity contribution is -0.114. The number of hydrogen-bond donors (Lipinski definition) is 1. The first-order valence-corrected chi connectivity index (χ1v) is 6.91. The minimum Gasteiger partial charge on any atom is -0.327 e. The van der Waals surface area contributed by atoms with Crippen molar-refractivity contribution >= 4 is 11.8 Å². The lowest BCUT2D eigenvalue weighted by Gasteiger charge is -2.35. The molecule has 0 bridgehead atoms. The molecule has 0 fully saturated rings. The van der Waals surface area contributed by atoms with Gasteiger partial charge in [-0.2, -0.15) is 0 Å². The summed E-state index contributed by atoms with van der Waals surface area (Å²) in [5.74, 6) is -0.00236. The summed E-state index contributed by atoms with van der Waals surface area (Å²) in [7, 11) is 0. The second-order valence-corrected chi connectivity index (χ2v) is 5.00. The zero-order valence-electron chi connectivity index (χ0n) is 12.1. The third-order valence-corrected chi connectivity index (χ3v) is 3.56. The number of Topliss-reactive ketones (excluding diaryl/α,β-unsaturated/α-hetero) is 1. The molecule has 1 unspecified atom stereocenters. The number of ketones is 1. The van der Waals surface area contributed by atoms with Gasteiger partial charge in [0.1, 0.15) is 0 Å². The SMILES string of the molecule is CCCN1C(=O)NC(c2ccccc2)C(C(C)=O)=C1C. The highest BCUT2D eigenvalue weighted by Gasteiger charge is 2.33. The maximum atomic E-state index is 12.2. The molecule has 1 heterocycles. The van der Waals surface area contributed by atoms with E-state index in [2.05, 4.69) is 5.32 Å². The van der Waals surface area contributed by atoms with E-state index < -0.39 is 0 Å². The van der Waals surface area contributed by atoms with Crippen LogP contribution >= 0.6 is 0 Å². The molecule has 20 heavy (non-hydrogen) atoms. The number of benzene rings is 1. The van der Waals surface area contributed by atoms with Crippen LogP contribution in [0.3, 0.4) is 0 Å². The standard InChI is InChI=1S/C16H20N2O2/c1-4-10-18-11(2)14(12(3)19)15(17-16(18)20)13-8-6-5-7-9-13/h5-9,15H,4,10H2,1-3H3,(H,17,20). The number of hydrogen-bond acceptors (Lipinski definition) is 2. The van der Waals surface area contributed by atoms with E-state index in [0.717, 1.165) is 17.7 Å². The quantitative estimate of drug-likeness (QED) is 0.916. The average molecular weight is 272 g/mol. The van der Waals surface area contributed by atoms with Crippen LogP contribution in [-0.4, -0.2) is 23.3 Å². The molecule has 1 aliphatic heterocycles. The highest BCUT2D eigenvalue weighted by Crippen LogP contribution is 2.30. The lowest BCUT2D eigenvalue weighted by atomic mass is 9.92. The van der Waals surface area contributed by atoms with Gasteiger partial charge in [-0.05, 0) is 25.8 Å². The normalized spacial score (nSPS) is 19.1. The molecule has 1 aromatic rings. The first-order chi connectivity index (χ1) is 9.56. The topological polar surface area (TPSA) is 49.4 Å². The fourth-order valence-electron chi connectivity index (χ4n) is 2.63. The summed E-state index contributed by atoms with van der Waals surface area (Å²) in [4.78, 5) is 25.9. The highest BCUT2D eigenvalue weighted by atomic mass is 16.2. The van der Waals surface area contributed by atoms with Crippen LogP contribution in [0.15, 0.2) is 41.6 Å². The Bertz CT molecular complexity index is 549. The van der Waals surface area contributed by atoms with Crippen LogP contribution in [0.25, 0.3) is 0 Å². The first-order valence-electron chi connectivity index (χ1n) is 6.91. The van der Waals surface area contributed by atoms with Gasteiger partial charge < -0.3 is 5.32 Å². The molecule has 106 valence electrons. The second kappa shape index (κ2) is 5.90. The number of nitrogens with one attached hydrogen (secondary N) is 1. The Morgan fingerprint density at radius 1 is 1.30 bits per heavy atom. The molecule has 1 aromatic carbocycles. The Morgan fingerprint density at radius 2 is 1.95 bits per heavy atom. The summed E-state index contributed by atoms with van der Waals surface area (Å²) in [6, 6.07) is 9.10. The Kier molecular flexibility index (Phi) is 4.23. The second-order valence-electron chi connectivity index (χ2n) is 5.00. The van der Waals surface area contributed by atoms with E-state index in [1.807, 2.05) is 44.2 Å². The van der Waals surface area contributed by atoms with Crippen LogP contribution in [0.2, 0.25) is 0 Å². The van der Waals surface area contributed by atoms with Crippen molar-refractivity contribution in [1.82, 2.24) is 10.2 Å². The molecule has 0 spiro atoms. The molecule has 2 rings (SSSR count). The van der Waals surface area contributed by atoms with Crippen LogP contribution in [0.4, 0.5) is 4.79 Å². The minimum absolute atomic E-state index is 0.00236. The van der Waals surface area contributed by atoms with Crippen LogP contribution < -0.4 is 5.32 Å². The van der Waals surface area contributed by atoms with Crippen molar-refractivity contribution in [2.24, 2.45) is 0 Å². The Hall–Kier alpha value is -2.10. The van der Waals surface area contributed by atoms with E-state index in [9.17, 15) is 9.59 Å². The maximum Gasteiger partial charge on any atom is 0.322 e. The van der Waals surface area contributed by atoms with Gasteiger partial charge in [-0.3, -0.25) is 9.69 Å². The molecule has 1 N–H and O–H groups in total. The molecular weight excluding hydrogens is 252 g/mol. The van der Waals surface area contributed by atoms with Crippen molar-refractivity contribution in [3.63, 3.8) is 0 Å². The molecule has 4 heteroatoms. The third kappa shape index (κ3) is 2.59. The van der Waals surface area contributed by atoms with Gasteiger partial charge in [0, 0.05) is 17.8 Å². The number of allylic oxidation sites excluding steroid dienone is 1. The first kappa shape index (κ1) is 14.3. The van der Waals surface area contributed by atoms with Crippen molar-refractivity contribution in [2.75, 3.05) is 6.54 Å². The number of urea groups is 1. The van der Waals surface area contributed by atoms with Gasteiger partial charge in [-0.1, -0.05) is 37.3 Å². The zero-order valence-corrected chi connectivity index (χ0v) is 12.1. The van der Waals surface area contributed by atoms with E-state index in [-0.39, 0.29) is 17.9 Å². The Labute approximate surface area is 119 Å². The summed E-state index contributed by atoms with van der Waals surface area (Å²) in [5.41, 5.74) is 2.36. The smallest absolute Gasteiger partial charge is 0.322 e. The Morgan fingerprint density at radius 3 is 2.50 bits per heavy atom. The molecule has 0 radical (unpaired) electrons. The van der Waals surface area contributed by atoms with Crippen molar-refractivity contribution in [1.29, 1.82) is 0 Å². The van der Waals surface area contributed by atoms with E-state index >= 15 is 0 Å². The molecule has 1 aliphatic rings. The van der Waals surface area contributed by atoms with Crippen LogP contribution in [0.5, 0.6) is 0 Å². The molecule has 0 aromatic heterocycles. The van der Waals surface area contributed by atoms with Crippen molar-refractivity contribution < 1.29 is 9.59 Å². The molecule has 0 saturated heterocycles. The monoisotopic (exact) mass is 272 g/mol. The average Bonchev–Trinajstić information content (AvgIpc) is 2.43. The fraction of sp³-hybridized carbons (Fsp3) is 0.375. The molecule has 4 nitrogen and oxygen atoms in total. The van der Waals surface area contributed by atoms with Gasteiger partial charge >= 0.3 is 6.03 Å². The Balaban J connectivity index is 2.48. The lowest BCUT2D eigenvalue weighted by Crippen LogP contribution is -2.47. The number of rotatable bonds is 4. The van der Waals surface area contributed by atoms with Crippen molar-refractivity contribution in [3.05, 3.63) is 47.2 Å². The largest absolute Gasteiger partial charge is 0.327 e. The summed E-state index contributed by atoms with van der Waals surface area (Å²) in [6.07, 6.45) is 0.853. The van der Waals surface area contributed by atoms with Gasteiger partial charge in [-0.25, -0.2) is 4.79 Å². The zero-order chi connectivity index (χ0) is 14.7. The van der Waals surface area contributed by atoms with Gasteiger partial charge in [0.05, 0.1) is 6.04 Å². The predicted octanol–water partition coefficient (Wildman–Crippen LogP) is 3.03. The molecular formula is C16H20N2O2. The van der Waals surface area contributed by atoms with E-state index in [4.69, 9.17) is 0 Å². The molecule has 2 amide bonds. The van der Waals surface area contributed by atoms with Crippen LogP contribution in [0.1, 0.15) is 38.8 Å². The summed E-state index contributed by atoms with van der Waals surface area (Å²) >= 11 is 0. The number of amides is 2. The van der Waals surface area contributed by atoms with E-state index in [1.54, 1.807) is 11.8 Å². The van der Waals surface area contributed by atoms with Crippen LogP contribution in [0, 0.1) is 0 Å². The number of nitrogens with zero attached hydrogens (tertiary/aromatic N) is 1. The van der Waals surface area contributed by atoms with E-state index in [0.29, 0.717) is 12.1 Å². The summed E-state index contributed by atoms with van der Waals surface area (Å²) in [6.45, 7) is 6.03. The van der Waals surface area contributed by atoms with Gasteiger partial charge in [-0.15, -0.1) is 0 Å². The summed E-state index contributed by atoms with van der Waals surface area (Å²) < 4.78 is 0. The van der Waals surface area contributed by atoms with Crippen LogP contribution in [-0.2, 0) is 4.79 Å². The summed E-state index contributed by atoms with van der Waals surface area (Å²) in [5, 5.41) is 2.94. The molecule has 0 aliphatic carbocycles. The maximum absolute atomic E-state index is 12.2. The number of carbonyl (C=O) groups is 2. The third-order valence-electron chi connectivity index (χ3n) is 3.56. The minimum atomic E-state index is -0.352. The van der Waals surface area contributed by atoms with Gasteiger partial charge in [0.25, 0.3) is 0 Å². The number of carbonyl (C=O) groups excluding carboxylic acids is 2. The fourth-order valence-corrected chi connectivity index (χ4v) is 2.63. The predicted molar refractivity (Wildman–Crippen MR) is 78.1 cm³/mol. The highest BCUT2D eigenvalue weighted by molar-refractivity contribution is 5.98. The van der Waals surface area contributed by atoms with Gasteiger partial charge in [0.2, 0.25) is 0 Å². The van der Waals surface area contributed by atoms with Gasteiger partial charge in [0.15, 0.2) is 5.78 Å². The van der Waals surface area contributed by atoms with Crippen molar-refractivity contribution in [2.45, 2.75) is 33.2 Å². The van der Waals surface area contributed by atoms with E-state index in [1.165, 1.54) is 0 Å².